The van der Waals surface area contributed by atoms with Crippen LogP contribution in [0.1, 0.15) is 77.6 Å². The summed E-state index contributed by atoms with van der Waals surface area (Å²) in [5, 5.41) is 3.82. The molecule has 1 heteroatoms. The molecule has 0 saturated heterocycles. The van der Waals surface area contributed by atoms with Crippen molar-refractivity contribution in [3.05, 3.63) is 0 Å². The molecule has 19 heavy (non-hydrogen) atoms. The van der Waals surface area contributed by atoms with Gasteiger partial charge in [0.25, 0.3) is 0 Å². The van der Waals surface area contributed by atoms with Gasteiger partial charge in [-0.3, -0.25) is 0 Å². The molecule has 3 unspecified atom stereocenters. The van der Waals surface area contributed by atoms with Gasteiger partial charge in [-0.15, -0.1) is 0 Å². The normalized spacial score (nSPS) is 39.6. The molecule has 0 aromatic rings. The Balaban J connectivity index is 1.71. The minimum Gasteiger partial charge on any atom is -0.316 e. The van der Waals surface area contributed by atoms with Crippen LogP contribution < -0.4 is 5.32 Å². The van der Waals surface area contributed by atoms with Gasteiger partial charge < -0.3 is 5.32 Å². The highest BCUT2D eigenvalue weighted by Crippen LogP contribution is 2.61. The highest BCUT2D eigenvalue weighted by atomic mass is 14.9. The van der Waals surface area contributed by atoms with Crippen molar-refractivity contribution in [3.63, 3.8) is 0 Å². The van der Waals surface area contributed by atoms with Crippen LogP contribution in [0.2, 0.25) is 0 Å². The molecule has 3 aliphatic carbocycles. The first-order valence-corrected chi connectivity index (χ1v) is 9.06. The lowest BCUT2D eigenvalue weighted by atomic mass is 9.62. The monoisotopic (exact) mass is 263 g/mol. The standard InChI is InChI=1S/C18H33N/c1-2-11-19-14-18(13-15-9-10-17(18)12-15)16-7-5-3-4-6-8-16/h15-17,19H,2-14H2,1H3. The molecule has 1 N–H and O–H groups in total. The molecule has 3 fully saturated rings. The van der Waals surface area contributed by atoms with E-state index in [1.54, 1.807) is 25.7 Å². The van der Waals surface area contributed by atoms with Crippen LogP contribution in [0.5, 0.6) is 0 Å². The van der Waals surface area contributed by atoms with E-state index in [1.807, 2.05) is 0 Å². The predicted molar refractivity (Wildman–Crippen MR) is 82.2 cm³/mol. The van der Waals surface area contributed by atoms with Crippen LogP contribution in [0.15, 0.2) is 0 Å². The average molecular weight is 263 g/mol. The third-order valence-electron chi connectivity index (χ3n) is 6.57. The lowest BCUT2D eigenvalue weighted by Gasteiger charge is -2.45. The smallest absolute Gasteiger partial charge is 0.00132 e. The SMILES string of the molecule is CCCNCC1(C2CCCCCC2)CC2CCC1C2. The van der Waals surface area contributed by atoms with Crippen molar-refractivity contribution < 1.29 is 0 Å². The van der Waals surface area contributed by atoms with Crippen molar-refractivity contribution in [2.75, 3.05) is 13.1 Å². The highest BCUT2D eigenvalue weighted by Gasteiger charge is 2.53. The second-order valence-electron chi connectivity index (χ2n) is 7.68. The zero-order valence-electron chi connectivity index (χ0n) is 12.9. The van der Waals surface area contributed by atoms with E-state index in [-0.39, 0.29) is 0 Å². The van der Waals surface area contributed by atoms with Gasteiger partial charge in [0.1, 0.15) is 0 Å². The number of nitrogens with one attached hydrogen (secondary N) is 1. The van der Waals surface area contributed by atoms with Gasteiger partial charge in [-0.05, 0) is 68.2 Å². The Labute approximate surface area is 119 Å². The molecule has 2 bridgehead atoms. The van der Waals surface area contributed by atoms with Crippen molar-refractivity contribution in [2.45, 2.75) is 77.6 Å². The summed E-state index contributed by atoms with van der Waals surface area (Å²) in [6.07, 6.45) is 16.6. The number of rotatable bonds is 5. The van der Waals surface area contributed by atoms with Gasteiger partial charge >= 0.3 is 0 Å². The topological polar surface area (TPSA) is 12.0 Å². The molecule has 0 spiro atoms. The first kappa shape index (κ1) is 13.9. The van der Waals surface area contributed by atoms with E-state index in [1.165, 1.54) is 58.0 Å². The predicted octanol–water partition coefficient (Wildman–Crippen LogP) is 4.76. The Kier molecular flexibility index (Phi) is 4.51. The van der Waals surface area contributed by atoms with Crippen LogP contribution in [0.25, 0.3) is 0 Å². The molecule has 0 aromatic carbocycles. The van der Waals surface area contributed by atoms with Crippen molar-refractivity contribution in [2.24, 2.45) is 23.2 Å². The molecular formula is C18H33N. The third kappa shape index (κ3) is 2.73. The van der Waals surface area contributed by atoms with Crippen LogP contribution in [-0.2, 0) is 0 Å². The summed E-state index contributed by atoms with van der Waals surface area (Å²) in [6, 6.07) is 0. The largest absolute Gasteiger partial charge is 0.316 e. The van der Waals surface area contributed by atoms with E-state index in [2.05, 4.69) is 12.2 Å². The quantitative estimate of drug-likeness (QED) is 0.557. The fourth-order valence-electron chi connectivity index (χ4n) is 5.70. The second-order valence-corrected chi connectivity index (χ2v) is 7.68. The summed E-state index contributed by atoms with van der Waals surface area (Å²) >= 11 is 0. The first-order valence-electron chi connectivity index (χ1n) is 9.06. The zero-order valence-corrected chi connectivity index (χ0v) is 12.9. The first-order chi connectivity index (χ1) is 9.35. The summed E-state index contributed by atoms with van der Waals surface area (Å²) in [5.41, 5.74) is 0.711. The fourth-order valence-corrected chi connectivity index (χ4v) is 5.70. The van der Waals surface area contributed by atoms with Crippen LogP contribution in [0, 0.1) is 23.2 Å². The fraction of sp³-hybridized carbons (Fsp3) is 1.00. The molecular weight excluding hydrogens is 230 g/mol. The van der Waals surface area contributed by atoms with Gasteiger partial charge in [0.15, 0.2) is 0 Å². The van der Waals surface area contributed by atoms with Crippen LogP contribution in [0.4, 0.5) is 0 Å². The average Bonchev–Trinajstić information content (AvgIpc) is 2.90. The van der Waals surface area contributed by atoms with E-state index in [0.717, 1.165) is 17.8 Å². The summed E-state index contributed by atoms with van der Waals surface area (Å²) in [7, 11) is 0. The molecule has 1 nitrogen and oxygen atoms in total. The van der Waals surface area contributed by atoms with Crippen LogP contribution >= 0.6 is 0 Å². The molecule has 3 rings (SSSR count). The van der Waals surface area contributed by atoms with Crippen molar-refractivity contribution in [3.8, 4) is 0 Å². The molecule has 0 aliphatic heterocycles. The summed E-state index contributed by atoms with van der Waals surface area (Å²) in [6.45, 7) is 4.87. The molecule has 0 radical (unpaired) electrons. The minimum atomic E-state index is 0.711. The lowest BCUT2D eigenvalue weighted by Crippen LogP contribution is -2.44. The van der Waals surface area contributed by atoms with E-state index in [9.17, 15) is 0 Å². The zero-order chi connectivity index (χ0) is 13.1. The van der Waals surface area contributed by atoms with E-state index in [4.69, 9.17) is 0 Å². The number of hydrogen-bond acceptors (Lipinski definition) is 1. The maximum absolute atomic E-state index is 3.82. The van der Waals surface area contributed by atoms with Crippen molar-refractivity contribution in [1.82, 2.24) is 5.32 Å². The Hall–Kier alpha value is -0.0400. The van der Waals surface area contributed by atoms with Gasteiger partial charge in [-0.2, -0.15) is 0 Å². The Morgan fingerprint density at radius 2 is 1.74 bits per heavy atom. The van der Waals surface area contributed by atoms with Gasteiger partial charge in [-0.1, -0.05) is 39.0 Å². The van der Waals surface area contributed by atoms with E-state index >= 15 is 0 Å². The van der Waals surface area contributed by atoms with Gasteiger partial charge in [0.2, 0.25) is 0 Å². The van der Waals surface area contributed by atoms with E-state index in [0.29, 0.717) is 5.41 Å². The third-order valence-corrected chi connectivity index (χ3v) is 6.57. The van der Waals surface area contributed by atoms with Crippen LogP contribution in [-0.4, -0.2) is 13.1 Å². The lowest BCUT2D eigenvalue weighted by molar-refractivity contribution is 0.0621. The maximum Gasteiger partial charge on any atom is 0.00132 e. The summed E-state index contributed by atoms with van der Waals surface area (Å²) < 4.78 is 0. The molecule has 3 saturated carbocycles. The van der Waals surface area contributed by atoms with Gasteiger partial charge in [-0.25, -0.2) is 0 Å². The Morgan fingerprint density at radius 3 is 2.32 bits per heavy atom. The van der Waals surface area contributed by atoms with Gasteiger partial charge in [0.05, 0.1) is 0 Å². The minimum absolute atomic E-state index is 0.711. The molecule has 3 atom stereocenters. The molecule has 110 valence electrons. The molecule has 0 aromatic heterocycles. The van der Waals surface area contributed by atoms with Crippen LogP contribution in [0.3, 0.4) is 0 Å². The van der Waals surface area contributed by atoms with Crippen molar-refractivity contribution >= 4 is 0 Å². The summed E-state index contributed by atoms with van der Waals surface area (Å²) in [4.78, 5) is 0. The highest BCUT2D eigenvalue weighted by molar-refractivity contribution is 5.04. The van der Waals surface area contributed by atoms with Crippen molar-refractivity contribution in [1.29, 1.82) is 0 Å². The Bertz CT molecular complexity index is 279. The molecule has 0 heterocycles. The number of fused-ring (bicyclic) bond motifs is 2. The van der Waals surface area contributed by atoms with Gasteiger partial charge in [0, 0.05) is 6.54 Å². The molecule has 0 amide bonds. The Morgan fingerprint density at radius 1 is 0.947 bits per heavy atom. The van der Waals surface area contributed by atoms with E-state index < -0.39 is 0 Å². The number of hydrogen-bond donors (Lipinski definition) is 1. The summed E-state index contributed by atoms with van der Waals surface area (Å²) in [5.74, 6) is 3.22. The second kappa shape index (κ2) is 6.16. The maximum atomic E-state index is 3.82. The molecule has 3 aliphatic rings.